The lowest BCUT2D eigenvalue weighted by atomic mass is 9.84. The van der Waals surface area contributed by atoms with Gasteiger partial charge in [-0.05, 0) is 6.92 Å². The van der Waals surface area contributed by atoms with Gasteiger partial charge in [-0.15, -0.1) is 0 Å². The summed E-state index contributed by atoms with van der Waals surface area (Å²) in [6.07, 6.45) is 0. The Balaban J connectivity index is 1.84. The fourth-order valence-corrected chi connectivity index (χ4v) is 1.93. The summed E-state index contributed by atoms with van der Waals surface area (Å²) in [5, 5.41) is 2.59. The van der Waals surface area contributed by atoms with E-state index in [0.29, 0.717) is 26.3 Å². The maximum absolute atomic E-state index is 11.9. The number of hydrogen-bond acceptors (Lipinski definition) is 3. The maximum atomic E-state index is 11.9. The molecule has 5 nitrogen and oxygen atoms in total. The number of carbonyl (C=O) groups excluding carboxylic acids is 2. The monoisotopic (exact) mass is 212 g/mol. The second-order valence-corrected chi connectivity index (χ2v) is 4.57. The molecule has 0 saturated carbocycles. The summed E-state index contributed by atoms with van der Waals surface area (Å²) >= 11 is 0. The van der Waals surface area contributed by atoms with Gasteiger partial charge in [0.15, 0.2) is 0 Å². The Hall–Kier alpha value is -1.10. The van der Waals surface area contributed by atoms with E-state index in [1.807, 2.05) is 6.92 Å². The lowest BCUT2D eigenvalue weighted by Crippen LogP contribution is -2.62. The summed E-state index contributed by atoms with van der Waals surface area (Å²) in [4.78, 5) is 24.9. The van der Waals surface area contributed by atoms with Crippen LogP contribution in [0.3, 0.4) is 0 Å². The first-order valence-corrected chi connectivity index (χ1v) is 5.15. The largest absolute Gasteiger partial charge is 0.379 e. The van der Waals surface area contributed by atoms with Crippen molar-refractivity contribution in [3.63, 3.8) is 0 Å². The quantitative estimate of drug-likeness (QED) is 0.653. The van der Waals surface area contributed by atoms with Crippen LogP contribution in [0.2, 0.25) is 0 Å². The molecule has 0 aromatic rings. The predicted molar refractivity (Wildman–Crippen MR) is 53.1 cm³/mol. The van der Waals surface area contributed by atoms with E-state index in [4.69, 9.17) is 4.74 Å². The third kappa shape index (κ3) is 1.61. The Morgan fingerprint density at radius 1 is 1.40 bits per heavy atom. The number of likely N-dealkylation sites (tertiary alicyclic amines) is 1. The Morgan fingerprint density at radius 2 is 2.00 bits per heavy atom. The van der Waals surface area contributed by atoms with Gasteiger partial charge in [-0.2, -0.15) is 0 Å². The van der Waals surface area contributed by atoms with Crippen molar-refractivity contribution >= 4 is 11.8 Å². The molecule has 0 atom stereocenters. The highest BCUT2D eigenvalue weighted by molar-refractivity contribution is 5.87. The van der Waals surface area contributed by atoms with Crippen molar-refractivity contribution in [3.8, 4) is 0 Å². The fourth-order valence-electron chi connectivity index (χ4n) is 1.93. The fraction of sp³-hybridized carbons (Fsp3) is 0.800. The first kappa shape index (κ1) is 10.4. The van der Waals surface area contributed by atoms with Crippen LogP contribution < -0.4 is 5.32 Å². The molecule has 0 aromatic heterocycles. The van der Waals surface area contributed by atoms with Crippen LogP contribution in [0.25, 0.3) is 0 Å². The van der Waals surface area contributed by atoms with E-state index in [9.17, 15) is 9.59 Å². The molecular formula is C10H16N2O3. The summed E-state index contributed by atoms with van der Waals surface area (Å²) < 4.78 is 5.05. The Bertz CT molecular complexity index is 293. The molecule has 0 unspecified atom stereocenters. The number of amides is 2. The molecule has 1 N–H and O–H groups in total. The third-order valence-corrected chi connectivity index (χ3v) is 3.14. The number of rotatable bonds is 2. The minimum Gasteiger partial charge on any atom is -0.379 e. The zero-order valence-corrected chi connectivity index (χ0v) is 9.08. The number of carbonyl (C=O) groups is 2. The molecule has 0 bridgehead atoms. The summed E-state index contributed by atoms with van der Waals surface area (Å²) in [5.41, 5.74) is -0.340. The standard InChI is InChI=1S/C10H16N2O3/c1-10(5-15-6-10)9(14)12-3-7(4-12)8(13)11-2/h7H,3-6H2,1-2H3,(H,11,13). The SMILES string of the molecule is CNC(=O)C1CN(C(=O)C2(C)COC2)C1. The van der Waals surface area contributed by atoms with Gasteiger partial charge in [0.2, 0.25) is 11.8 Å². The first-order chi connectivity index (χ1) is 7.07. The van der Waals surface area contributed by atoms with E-state index in [1.165, 1.54) is 0 Å². The van der Waals surface area contributed by atoms with Crippen molar-refractivity contribution in [2.75, 3.05) is 33.4 Å². The van der Waals surface area contributed by atoms with Crippen LogP contribution in [-0.4, -0.2) is 50.1 Å². The summed E-state index contributed by atoms with van der Waals surface area (Å²) in [6.45, 7) is 4.02. The lowest BCUT2D eigenvalue weighted by Gasteiger charge is -2.46. The van der Waals surface area contributed by atoms with Crippen LogP contribution in [0.15, 0.2) is 0 Å². The highest BCUT2D eigenvalue weighted by Gasteiger charge is 2.47. The molecular weight excluding hydrogens is 196 g/mol. The number of nitrogens with zero attached hydrogens (tertiary/aromatic N) is 1. The van der Waals surface area contributed by atoms with Gasteiger partial charge in [-0.25, -0.2) is 0 Å². The Labute approximate surface area is 88.8 Å². The summed E-state index contributed by atoms with van der Waals surface area (Å²) in [5.74, 6) is 0.117. The van der Waals surface area contributed by atoms with Crippen molar-refractivity contribution in [2.24, 2.45) is 11.3 Å². The normalized spacial score (nSPS) is 24.0. The van der Waals surface area contributed by atoms with Crippen molar-refractivity contribution in [2.45, 2.75) is 6.92 Å². The van der Waals surface area contributed by atoms with Gasteiger partial charge in [0.25, 0.3) is 0 Å². The topological polar surface area (TPSA) is 58.6 Å². The van der Waals surface area contributed by atoms with E-state index < -0.39 is 0 Å². The first-order valence-electron chi connectivity index (χ1n) is 5.15. The third-order valence-electron chi connectivity index (χ3n) is 3.14. The molecule has 5 heteroatoms. The molecule has 2 aliphatic heterocycles. The predicted octanol–water partition coefficient (Wildman–Crippen LogP) is -0.773. The lowest BCUT2D eigenvalue weighted by molar-refractivity contribution is -0.175. The van der Waals surface area contributed by atoms with Crippen molar-refractivity contribution < 1.29 is 14.3 Å². The molecule has 15 heavy (non-hydrogen) atoms. The molecule has 2 aliphatic rings. The van der Waals surface area contributed by atoms with Gasteiger partial charge in [0.05, 0.1) is 24.5 Å². The molecule has 2 saturated heterocycles. The van der Waals surface area contributed by atoms with E-state index >= 15 is 0 Å². The van der Waals surface area contributed by atoms with E-state index in [-0.39, 0.29) is 23.1 Å². The molecule has 2 fully saturated rings. The van der Waals surface area contributed by atoms with Crippen LogP contribution in [0, 0.1) is 11.3 Å². The minimum absolute atomic E-state index is 0.0223. The van der Waals surface area contributed by atoms with Crippen LogP contribution >= 0.6 is 0 Å². The molecule has 2 amide bonds. The van der Waals surface area contributed by atoms with E-state index in [2.05, 4.69) is 5.32 Å². The van der Waals surface area contributed by atoms with Gasteiger partial charge < -0.3 is 15.0 Å². The summed E-state index contributed by atoms with van der Waals surface area (Å²) in [6, 6.07) is 0. The zero-order chi connectivity index (χ0) is 11.1. The van der Waals surface area contributed by atoms with Crippen LogP contribution in [-0.2, 0) is 14.3 Å². The van der Waals surface area contributed by atoms with Crippen molar-refractivity contribution in [1.82, 2.24) is 10.2 Å². The smallest absolute Gasteiger partial charge is 0.233 e. The van der Waals surface area contributed by atoms with E-state index in [0.717, 1.165) is 0 Å². The molecule has 84 valence electrons. The van der Waals surface area contributed by atoms with Crippen LogP contribution in [0.1, 0.15) is 6.92 Å². The second-order valence-electron chi connectivity index (χ2n) is 4.57. The van der Waals surface area contributed by atoms with Crippen molar-refractivity contribution in [3.05, 3.63) is 0 Å². The highest BCUT2D eigenvalue weighted by Crippen LogP contribution is 2.31. The molecule has 0 spiro atoms. The van der Waals surface area contributed by atoms with E-state index in [1.54, 1.807) is 11.9 Å². The van der Waals surface area contributed by atoms with Crippen LogP contribution in [0.4, 0.5) is 0 Å². The number of hydrogen-bond donors (Lipinski definition) is 1. The molecule has 0 aromatic carbocycles. The van der Waals surface area contributed by atoms with Gasteiger partial charge in [0, 0.05) is 20.1 Å². The van der Waals surface area contributed by atoms with Crippen LogP contribution in [0.5, 0.6) is 0 Å². The average molecular weight is 212 g/mol. The molecule has 0 aliphatic carbocycles. The Kier molecular flexibility index (Phi) is 2.42. The maximum Gasteiger partial charge on any atom is 0.233 e. The number of nitrogens with one attached hydrogen (secondary N) is 1. The van der Waals surface area contributed by atoms with Gasteiger partial charge in [-0.1, -0.05) is 0 Å². The van der Waals surface area contributed by atoms with Gasteiger partial charge in [0.1, 0.15) is 0 Å². The number of ether oxygens (including phenoxy) is 1. The molecule has 2 heterocycles. The average Bonchev–Trinajstić information content (AvgIpc) is 2.11. The van der Waals surface area contributed by atoms with Crippen molar-refractivity contribution in [1.29, 1.82) is 0 Å². The van der Waals surface area contributed by atoms with Gasteiger partial charge in [-0.3, -0.25) is 9.59 Å². The zero-order valence-electron chi connectivity index (χ0n) is 9.08. The van der Waals surface area contributed by atoms with Gasteiger partial charge >= 0.3 is 0 Å². The minimum atomic E-state index is -0.340. The Morgan fingerprint density at radius 3 is 2.40 bits per heavy atom. The molecule has 0 radical (unpaired) electrons. The highest BCUT2D eigenvalue weighted by atomic mass is 16.5. The second kappa shape index (κ2) is 3.48. The summed E-state index contributed by atoms with van der Waals surface area (Å²) in [7, 11) is 1.62. The molecule has 2 rings (SSSR count).